The van der Waals surface area contributed by atoms with Crippen LogP contribution in [0.2, 0.25) is 15.1 Å². The highest BCUT2D eigenvalue weighted by Crippen LogP contribution is 2.22. The molecule has 0 bridgehead atoms. The largest absolute Gasteiger partial charge is 0.325 e. The summed E-state index contributed by atoms with van der Waals surface area (Å²) in [5, 5.41) is 7.50. The van der Waals surface area contributed by atoms with Crippen molar-refractivity contribution in [2.45, 2.75) is 6.42 Å². The van der Waals surface area contributed by atoms with Crippen molar-refractivity contribution in [3.05, 3.63) is 63.1 Å². The molecule has 0 aromatic heterocycles. The van der Waals surface area contributed by atoms with E-state index in [1.807, 2.05) is 24.3 Å². The van der Waals surface area contributed by atoms with E-state index in [0.29, 0.717) is 27.3 Å². The normalized spacial score (nSPS) is 10.5. The standard InChI is InChI=1S/C16H15Cl3N2O/c17-12-3-1-2-11(6-12)4-5-20-10-16(22)21-15-8-13(18)7-14(19)9-15/h1-3,6-9,20H,4-5,10H2,(H,21,22). The Morgan fingerprint density at radius 2 is 1.68 bits per heavy atom. The Balaban J connectivity index is 1.74. The SMILES string of the molecule is O=C(CNCCc1cccc(Cl)c1)Nc1cc(Cl)cc(Cl)c1. The number of carbonyl (C=O) groups is 1. The van der Waals surface area contributed by atoms with Crippen LogP contribution in [0.3, 0.4) is 0 Å². The van der Waals surface area contributed by atoms with Crippen molar-refractivity contribution in [2.24, 2.45) is 0 Å². The molecule has 22 heavy (non-hydrogen) atoms. The van der Waals surface area contributed by atoms with Crippen LogP contribution in [-0.2, 0) is 11.2 Å². The van der Waals surface area contributed by atoms with Crippen LogP contribution in [0.4, 0.5) is 5.69 Å². The molecular formula is C16H15Cl3N2O. The smallest absolute Gasteiger partial charge is 0.238 e. The number of hydrogen-bond donors (Lipinski definition) is 2. The van der Waals surface area contributed by atoms with Gasteiger partial charge < -0.3 is 10.6 Å². The molecule has 0 aliphatic carbocycles. The molecule has 0 aliphatic heterocycles. The lowest BCUT2D eigenvalue weighted by Gasteiger charge is -2.08. The first kappa shape index (κ1) is 17.1. The Morgan fingerprint density at radius 3 is 2.36 bits per heavy atom. The molecule has 0 saturated carbocycles. The fraction of sp³-hybridized carbons (Fsp3) is 0.188. The number of carbonyl (C=O) groups excluding carboxylic acids is 1. The van der Waals surface area contributed by atoms with Crippen molar-refractivity contribution in [2.75, 3.05) is 18.4 Å². The fourth-order valence-electron chi connectivity index (χ4n) is 1.96. The Bertz CT molecular complexity index is 641. The summed E-state index contributed by atoms with van der Waals surface area (Å²) in [5.74, 6) is -0.149. The van der Waals surface area contributed by atoms with Crippen LogP contribution in [0.25, 0.3) is 0 Å². The number of benzene rings is 2. The van der Waals surface area contributed by atoms with Gasteiger partial charge in [0.1, 0.15) is 0 Å². The van der Waals surface area contributed by atoms with Crippen molar-refractivity contribution in [1.82, 2.24) is 5.32 Å². The van der Waals surface area contributed by atoms with Gasteiger partial charge in [-0.1, -0.05) is 46.9 Å². The first-order valence-corrected chi connectivity index (χ1v) is 7.87. The maximum atomic E-state index is 11.8. The lowest BCUT2D eigenvalue weighted by atomic mass is 10.1. The van der Waals surface area contributed by atoms with Gasteiger partial charge in [0, 0.05) is 20.8 Å². The second-order valence-corrected chi connectivity index (χ2v) is 6.07. The first-order chi connectivity index (χ1) is 10.5. The van der Waals surface area contributed by atoms with Gasteiger partial charge in [0.25, 0.3) is 0 Å². The maximum absolute atomic E-state index is 11.8. The van der Waals surface area contributed by atoms with Gasteiger partial charge in [-0.05, 0) is 48.9 Å². The molecule has 0 fully saturated rings. The quantitative estimate of drug-likeness (QED) is 0.752. The number of rotatable bonds is 6. The fourth-order valence-corrected chi connectivity index (χ4v) is 2.70. The second kappa shape index (κ2) is 8.39. The minimum Gasteiger partial charge on any atom is -0.325 e. The van der Waals surface area contributed by atoms with Crippen molar-refractivity contribution < 1.29 is 4.79 Å². The zero-order chi connectivity index (χ0) is 15.9. The van der Waals surface area contributed by atoms with Gasteiger partial charge in [-0.25, -0.2) is 0 Å². The monoisotopic (exact) mass is 356 g/mol. The summed E-state index contributed by atoms with van der Waals surface area (Å²) in [4.78, 5) is 11.8. The second-order valence-electron chi connectivity index (χ2n) is 4.76. The lowest BCUT2D eigenvalue weighted by molar-refractivity contribution is -0.115. The third kappa shape index (κ3) is 5.85. The molecule has 0 aliphatic rings. The summed E-state index contributed by atoms with van der Waals surface area (Å²) < 4.78 is 0. The summed E-state index contributed by atoms with van der Waals surface area (Å²) in [5.41, 5.74) is 1.71. The van der Waals surface area contributed by atoms with Crippen LogP contribution in [0.1, 0.15) is 5.56 Å². The van der Waals surface area contributed by atoms with Gasteiger partial charge in [-0.15, -0.1) is 0 Å². The zero-order valence-corrected chi connectivity index (χ0v) is 14.0. The van der Waals surface area contributed by atoms with Crippen LogP contribution in [0.5, 0.6) is 0 Å². The average molecular weight is 358 g/mol. The predicted molar refractivity (Wildman–Crippen MR) is 93.1 cm³/mol. The summed E-state index contributed by atoms with van der Waals surface area (Å²) in [6.45, 7) is 0.898. The molecular weight excluding hydrogens is 343 g/mol. The van der Waals surface area contributed by atoms with E-state index in [2.05, 4.69) is 10.6 Å². The minimum atomic E-state index is -0.149. The third-order valence-electron chi connectivity index (χ3n) is 2.91. The molecule has 3 nitrogen and oxygen atoms in total. The summed E-state index contributed by atoms with van der Waals surface area (Å²) >= 11 is 17.7. The molecule has 2 aromatic rings. The van der Waals surface area contributed by atoms with E-state index in [1.54, 1.807) is 18.2 Å². The van der Waals surface area contributed by atoms with Crippen LogP contribution >= 0.6 is 34.8 Å². The van der Waals surface area contributed by atoms with Crippen molar-refractivity contribution in [3.8, 4) is 0 Å². The molecule has 6 heteroatoms. The summed E-state index contributed by atoms with van der Waals surface area (Å²) in [6, 6.07) is 12.6. The molecule has 1 amide bonds. The predicted octanol–water partition coefficient (Wildman–Crippen LogP) is 4.42. The highest BCUT2D eigenvalue weighted by molar-refractivity contribution is 6.35. The number of halogens is 3. The topological polar surface area (TPSA) is 41.1 Å². The van der Waals surface area contributed by atoms with Gasteiger partial charge in [-0.3, -0.25) is 4.79 Å². The lowest BCUT2D eigenvalue weighted by Crippen LogP contribution is -2.29. The van der Waals surface area contributed by atoms with E-state index in [4.69, 9.17) is 34.8 Å². The van der Waals surface area contributed by atoms with Crippen molar-refractivity contribution in [3.63, 3.8) is 0 Å². The first-order valence-electron chi connectivity index (χ1n) is 6.74. The molecule has 116 valence electrons. The van der Waals surface area contributed by atoms with Crippen LogP contribution < -0.4 is 10.6 Å². The Hall–Kier alpha value is -1.26. The molecule has 0 heterocycles. The van der Waals surface area contributed by atoms with Gasteiger partial charge >= 0.3 is 0 Å². The average Bonchev–Trinajstić information content (AvgIpc) is 2.42. The van der Waals surface area contributed by atoms with Gasteiger partial charge in [0.05, 0.1) is 6.54 Å². The molecule has 2 N–H and O–H groups in total. The molecule has 0 radical (unpaired) electrons. The number of amides is 1. The number of anilines is 1. The van der Waals surface area contributed by atoms with Crippen LogP contribution in [-0.4, -0.2) is 19.0 Å². The van der Waals surface area contributed by atoms with E-state index >= 15 is 0 Å². The Morgan fingerprint density at radius 1 is 0.955 bits per heavy atom. The molecule has 0 saturated heterocycles. The zero-order valence-electron chi connectivity index (χ0n) is 11.7. The molecule has 2 rings (SSSR count). The van der Waals surface area contributed by atoms with Gasteiger partial charge in [0.15, 0.2) is 0 Å². The molecule has 0 spiro atoms. The number of hydrogen-bond acceptors (Lipinski definition) is 2. The Kier molecular flexibility index (Phi) is 6.52. The van der Waals surface area contributed by atoms with Crippen LogP contribution in [0.15, 0.2) is 42.5 Å². The van der Waals surface area contributed by atoms with Gasteiger partial charge in [0.2, 0.25) is 5.91 Å². The van der Waals surface area contributed by atoms with E-state index < -0.39 is 0 Å². The highest BCUT2D eigenvalue weighted by atomic mass is 35.5. The Labute approximate surface area is 144 Å². The van der Waals surface area contributed by atoms with Crippen molar-refractivity contribution >= 4 is 46.4 Å². The van der Waals surface area contributed by atoms with Gasteiger partial charge in [-0.2, -0.15) is 0 Å². The maximum Gasteiger partial charge on any atom is 0.238 e. The molecule has 0 unspecified atom stereocenters. The summed E-state index contributed by atoms with van der Waals surface area (Å²) in [6.07, 6.45) is 0.802. The molecule has 0 atom stereocenters. The minimum absolute atomic E-state index is 0.149. The highest BCUT2D eigenvalue weighted by Gasteiger charge is 2.04. The van der Waals surface area contributed by atoms with E-state index in [-0.39, 0.29) is 12.5 Å². The van der Waals surface area contributed by atoms with Crippen LogP contribution in [0, 0.1) is 0 Å². The van der Waals surface area contributed by atoms with E-state index in [0.717, 1.165) is 12.0 Å². The summed E-state index contributed by atoms with van der Waals surface area (Å²) in [7, 11) is 0. The van der Waals surface area contributed by atoms with Crippen molar-refractivity contribution in [1.29, 1.82) is 0 Å². The van der Waals surface area contributed by atoms with E-state index in [9.17, 15) is 4.79 Å². The third-order valence-corrected chi connectivity index (χ3v) is 3.58. The van der Waals surface area contributed by atoms with E-state index in [1.165, 1.54) is 0 Å². The number of nitrogens with one attached hydrogen (secondary N) is 2. The molecule has 2 aromatic carbocycles.